The summed E-state index contributed by atoms with van der Waals surface area (Å²) < 4.78 is 1.92. The second kappa shape index (κ2) is 7.20. The van der Waals surface area contributed by atoms with Gasteiger partial charge in [0, 0.05) is 33.2 Å². The molecule has 2 saturated heterocycles. The summed E-state index contributed by atoms with van der Waals surface area (Å²) in [6.07, 6.45) is 4.84. The molecule has 2 aliphatic rings. The van der Waals surface area contributed by atoms with Gasteiger partial charge in [0.25, 0.3) is 0 Å². The predicted molar refractivity (Wildman–Crippen MR) is 90.3 cm³/mol. The summed E-state index contributed by atoms with van der Waals surface area (Å²) in [4.78, 5) is 23.7. The van der Waals surface area contributed by atoms with Crippen LogP contribution in [0.3, 0.4) is 0 Å². The number of amides is 1. The van der Waals surface area contributed by atoms with Gasteiger partial charge in [-0.15, -0.1) is 0 Å². The summed E-state index contributed by atoms with van der Waals surface area (Å²) in [7, 11) is 4.00. The molecule has 0 radical (unpaired) electrons. The topological polar surface area (TPSA) is 44.6 Å². The molecule has 1 aromatic rings. The van der Waals surface area contributed by atoms with Gasteiger partial charge in [-0.25, -0.2) is 4.98 Å². The zero-order chi connectivity index (χ0) is 16.4. The molecule has 0 N–H and O–H groups in total. The molecule has 3 rings (SSSR count). The van der Waals surface area contributed by atoms with E-state index < -0.39 is 0 Å². The van der Waals surface area contributed by atoms with E-state index in [0.29, 0.717) is 11.1 Å². The van der Waals surface area contributed by atoms with Gasteiger partial charge in [0.15, 0.2) is 0 Å². The first-order chi connectivity index (χ1) is 11.1. The number of likely N-dealkylation sites (N-methyl/N-ethyl adjacent to an activating group) is 1. The Morgan fingerprint density at radius 3 is 2.70 bits per heavy atom. The van der Waals surface area contributed by atoms with E-state index in [-0.39, 0.29) is 6.04 Å². The van der Waals surface area contributed by atoms with Crippen LogP contribution in [0.15, 0.2) is 6.20 Å². The van der Waals surface area contributed by atoms with Crippen molar-refractivity contribution in [3.8, 4) is 0 Å². The van der Waals surface area contributed by atoms with Crippen LogP contribution in [0, 0.1) is 0 Å². The number of aromatic nitrogens is 2. The quantitative estimate of drug-likeness (QED) is 0.830. The molecule has 0 aromatic carbocycles. The van der Waals surface area contributed by atoms with Gasteiger partial charge in [-0.05, 0) is 32.9 Å². The number of carbonyl (C=O) groups excluding carboxylic acids is 1. The van der Waals surface area contributed by atoms with Crippen LogP contribution < -0.4 is 0 Å². The van der Waals surface area contributed by atoms with Gasteiger partial charge >= 0.3 is 0 Å². The second-order valence-corrected chi connectivity index (χ2v) is 7.04. The van der Waals surface area contributed by atoms with E-state index >= 15 is 0 Å². The van der Waals surface area contributed by atoms with Gasteiger partial charge < -0.3 is 9.47 Å². The number of hydrogen-bond acceptors (Lipinski definition) is 4. The standard InChI is InChI=1S/C16H26ClN5O/c1-19-6-3-5-13(19)16(23)22-8-4-7-21(9-10-22)12-15-18-11-14(17)20(15)2/h11,13H,3-10,12H2,1-2H3/t13-/m0/s1. The molecule has 0 bridgehead atoms. The number of likely N-dealkylation sites (tertiary alicyclic amines) is 1. The molecule has 1 aromatic heterocycles. The van der Waals surface area contributed by atoms with Gasteiger partial charge in [-0.2, -0.15) is 0 Å². The Bertz CT molecular complexity index is 561. The summed E-state index contributed by atoms with van der Waals surface area (Å²) in [5, 5.41) is 0.663. The normalized spacial score (nSPS) is 24.1. The van der Waals surface area contributed by atoms with Crippen molar-refractivity contribution >= 4 is 17.5 Å². The van der Waals surface area contributed by atoms with E-state index in [1.54, 1.807) is 6.20 Å². The van der Waals surface area contributed by atoms with Crippen molar-refractivity contribution in [2.24, 2.45) is 7.05 Å². The van der Waals surface area contributed by atoms with Crippen LogP contribution in [0.2, 0.25) is 5.15 Å². The number of imidazole rings is 1. The average Bonchev–Trinajstić information content (AvgIpc) is 3.00. The molecule has 128 valence electrons. The number of carbonyl (C=O) groups is 1. The summed E-state index contributed by atoms with van der Waals surface area (Å²) in [6, 6.07) is 0.0925. The molecule has 6 nitrogen and oxygen atoms in total. The fraction of sp³-hybridized carbons (Fsp3) is 0.750. The summed E-state index contributed by atoms with van der Waals surface area (Å²) in [5.41, 5.74) is 0. The average molecular weight is 340 g/mol. The Balaban J connectivity index is 1.56. The van der Waals surface area contributed by atoms with Gasteiger partial charge in [-0.3, -0.25) is 14.6 Å². The highest BCUT2D eigenvalue weighted by Crippen LogP contribution is 2.19. The van der Waals surface area contributed by atoms with E-state index in [1.807, 2.05) is 11.6 Å². The van der Waals surface area contributed by atoms with E-state index in [0.717, 1.165) is 64.4 Å². The number of nitrogens with zero attached hydrogens (tertiary/aromatic N) is 5. The van der Waals surface area contributed by atoms with Crippen LogP contribution in [0.1, 0.15) is 25.1 Å². The Labute approximate surface area is 143 Å². The van der Waals surface area contributed by atoms with Crippen molar-refractivity contribution in [3.63, 3.8) is 0 Å². The molecule has 3 heterocycles. The number of hydrogen-bond donors (Lipinski definition) is 0. The summed E-state index contributed by atoms with van der Waals surface area (Å²) in [5.74, 6) is 1.29. The molecular formula is C16H26ClN5O. The van der Waals surface area contributed by atoms with Crippen molar-refractivity contribution in [1.82, 2.24) is 24.3 Å². The Kier molecular flexibility index (Phi) is 5.24. The Morgan fingerprint density at radius 1 is 1.22 bits per heavy atom. The molecule has 0 spiro atoms. The highest BCUT2D eigenvalue weighted by molar-refractivity contribution is 6.29. The molecule has 0 aliphatic carbocycles. The van der Waals surface area contributed by atoms with Crippen LogP contribution in [0.25, 0.3) is 0 Å². The van der Waals surface area contributed by atoms with Crippen molar-refractivity contribution in [2.75, 3.05) is 39.8 Å². The zero-order valence-electron chi connectivity index (χ0n) is 14.0. The van der Waals surface area contributed by atoms with Gasteiger partial charge in [0.2, 0.25) is 5.91 Å². The maximum Gasteiger partial charge on any atom is 0.239 e. The third kappa shape index (κ3) is 3.70. The fourth-order valence-electron chi connectivity index (χ4n) is 3.55. The Morgan fingerprint density at radius 2 is 2.04 bits per heavy atom. The van der Waals surface area contributed by atoms with Crippen molar-refractivity contribution < 1.29 is 4.79 Å². The van der Waals surface area contributed by atoms with Gasteiger partial charge in [0.05, 0.1) is 18.8 Å². The molecule has 1 atom stereocenters. The highest BCUT2D eigenvalue weighted by Gasteiger charge is 2.32. The fourth-order valence-corrected chi connectivity index (χ4v) is 3.70. The summed E-state index contributed by atoms with van der Waals surface area (Å²) >= 11 is 6.05. The van der Waals surface area contributed by atoms with Gasteiger partial charge in [0.1, 0.15) is 11.0 Å². The third-order valence-corrected chi connectivity index (χ3v) is 5.45. The lowest BCUT2D eigenvalue weighted by molar-refractivity contribution is -0.135. The van der Waals surface area contributed by atoms with Crippen LogP contribution in [-0.4, -0.2) is 76.0 Å². The smallest absolute Gasteiger partial charge is 0.239 e. The predicted octanol–water partition coefficient (Wildman–Crippen LogP) is 1.20. The maximum atomic E-state index is 12.7. The number of halogens is 1. The van der Waals surface area contributed by atoms with E-state index in [2.05, 4.69) is 26.7 Å². The summed E-state index contributed by atoms with van der Waals surface area (Å²) in [6.45, 7) is 5.38. The first-order valence-corrected chi connectivity index (χ1v) is 8.81. The van der Waals surface area contributed by atoms with E-state index in [4.69, 9.17) is 11.6 Å². The lowest BCUT2D eigenvalue weighted by Crippen LogP contribution is -2.45. The minimum absolute atomic E-state index is 0.0925. The monoisotopic (exact) mass is 339 g/mol. The van der Waals surface area contributed by atoms with Gasteiger partial charge in [-0.1, -0.05) is 11.6 Å². The zero-order valence-corrected chi connectivity index (χ0v) is 14.8. The minimum atomic E-state index is 0.0925. The molecular weight excluding hydrogens is 314 g/mol. The highest BCUT2D eigenvalue weighted by atomic mass is 35.5. The molecule has 7 heteroatoms. The second-order valence-electron chi connectivity index (χ2n) is 6.65. The molecule has 2 aliphatic heterocycles. The minimum Gasteiger partial charge on any atom is -0.340 e. The molecule has 1 amide bonds. The van der Waals surface area contributed by atoms with Crippen molar-refractivity contribution in [2.45, 2.75) is 31.8 Å². The first-order valence-electron chi connectivity index (χ1n) is 8.43. The largest absolute Gasteiger partial charge is 0.340 e. The maximum absolute atomic E-state index is 12.7. The lowest BCUT2D eigenvalue weighted by Gasteiger charge is -2.27. The van der Waals surface area contributed by atoms with E-state index in [1.165, 1.54) is 0 Å². The SMILES string of the molecule is CN1CCC[C@H]1C(=O)N1CCCN(Cc2ncc(Cl)n2C)CC1. The lowest BCUT2D eigenvalue weighted by atomic mass is 10.2. The first kappa shape index (κ1) is 16.7. The molecule has 0 unspecified atom stereocenters. The number of rotatable bonds is 3. The van der Waals surface area contributed by atoms with E-state index in [9.17, 15) is 4.79 Å². The third-order valence-electron chi connectivity index (χ3n) is 5.10. The van der Waals surface area contributed by atoms with Crippen molar-refractivity contribution in [3.05, 3.63) is 17.2 Å². The molecule has 0 saturated carbocycles. The van der Waals surface area contributed by atoms with Crippen LogP contribution in [0.4, 0.5) is 0 Å². The Hall–Kier alpha value is -1.11. The van der Waals surface area contributed by atoms with Crippen LogP contribution in [0.5, 0.6) is 0 Å². The van der Waals surface area contributed by atoms with Crippen LogP contribution >= 0.6 is 11.6 Å². The van der Waals surface area contributed by atoms with Crippen molar-refractivity contribution in [1.29, 1.82) is 0 Å². The molecule has 23 heavy (non-hydrogen) atoms. The molecule has 2 fully saturated rings. The van der Waals surface area contributed by atoms with Crippen LogP contribution in [-0.2, 0) is 18.4 Å².